The minimum Gasteiger partial charge on any atom is -0.346 e. The average Bonchev–Trinajstić information content (AvgIpc) is 2.97. The molecule has 2 rings (SSSR count). The summed E-state index contributed by atoms with van der Waals surface area (Å²) in [6.07, 6.45) is 1.75. The van der Waals surface area contributed by atoms with Crippen molar-refractivity contribution in [2.45, 2.75) is 65.1 Å². The first kappa shape index (κ1) is 18.4. The van der Waals surface area contributed by atoms with E-state index in [2.05, 4.69) is 20.7 Å². The van der Waals surface area contributed by atoms with Crippen LogP contribution in [0.15, 0.2) is 0 Å². The zero-order valence-electron chi connectivity index (χ0n) is 14.9. The van der Waals surface area contributed by atoms with Crippen molar-refractivity contribution in [1.82, 2.24) is 25.4 Å². The zero-order chi connectivity index (χ0) is 17.9. The molecular weight excluding hydrogens is 308 g/mol. The molecule has 1 aliphatic heterocycles. The fourth-order valence-corrected chi connectivity index (χ4v) is 2.58. The summed E-state index contributed by atoms with van der Waals surface area (Å²) in [4.78, 5) is 28.5. The molecule has 2 heterocycles. The van der Waals surface area contributed by atoms with Crippen LogP contribution in [0.3, 0.4) is 0 Å². The van der Waals surface area contributed by atoms with Gasteiger partial charge in [-0.25, -0.2) is 9.67 Å². The van der Waals surface area contributed by atoms with Gasteiger partial charge in [0.2, 0.25) is 11.8 Å². The van der Waals surface area contributed by atoms with Crippen molar-refractivity contribution in [3.63, 3.8) is 0 Å². The highest BCUT2D eigenvalue weighted by Crippen LogP contribution is 2.24. The standard InChI is InChI=1S/C16H28N6O2/c1-9(2)13(17)16(24)18-8-12(23)19-11-6-5-7-22-15(11)20-14(21-22)10(3)4/h9-11,13H,5-8,17H2,1-4H3,(H,18,24)(H,19,23)/t11?,13-/m0/s1. The van der Waals surface area contributed by atoms with Crippen molar-refractivity contribution in [3.05, 3.63) is 11.6 Å². The zero-order valence-corrected chi connectivity index (χ0v) is 14.9. The summed E-state index contributed by atoms with van der Waals surface area (Å²) < 4.78 is 1.87. The summed E-state index contributed by atoms with van der Waals surface area (Å²) >= 11 is 0. The van der Waals surface area contributed by atoms with Crippen molar-refractivity contribution in [2.75, 3.05) is 6.54 Å². The Bertz CT molecular complexity index is 595. The minimum absolute atomic E-state index is 0.0272. The Kier molecular flexibility index (Phi) is 5.93. The van der Waals surface area contributed by atoms with Crippen molar-refractivity contribution in [1.29, 1.82) is 0 Å². The van der Waals surface area contributed by atoms with Crippen LogP contribution in [0.5, 0.6) is 0 Å². The third-order valence-corrected chi connectivity index (χ3v) is 4.19. The Hall–Kier alpha value is -1.96. The summed E-state index contributed by atoms with van der Waals surface area (Å²) in [6.45, 7) is 8.56. The normalized spacial score (nSPS) is 18.4. The number of aryl methyl sites for hydroxylation is 1. The monoisotopic (exact) mass is 336 g/mol. The molecule has 8 heteroatoms. The molecule has 2 atom stereocenters. The smallest absolute Gasteiger partial charge is 0.239 e. The molecule has 0 spiro atoms. The molecule has 0 saturated carbocycles. The van der Waals surface area contributed by atoms with E-state index in [4.69, 9.17) is 5.73 Å². The molecule has 134 valence electrons. The molecule has 2 amide bonds. The number of fused-ring (bicyclic) bond motifs is 1. The minimum atomic E-state index is -0.607. The van der Waals surface area contributed by atoms with E-state index in [1.54, 1.807) is 0 Å². The summed E-state index contributed by atoms with van der Waals surface area (Å²) in [5.41, 5.74) is 5.76. The first-order valence-corrected chi connectivity index (χ1v) is 8.57. The quantitative estimate of drug-likeness (QED) is 0.698. The van der Waals surface area contributed by atoms with Gasteiger partial charge in [0.25, 0.3) is 0 Å². The van der Waals surface area contributed by atoms with Crippen LogP contribution in [-0.2, 0) is 16.1 Å². The van der Waals surface area contributed by atoms with Crippen molar-refractivity contribution < 1.29 is 9.59 Å². The van der Waals surface area contributed by atoms with Gasteiger partial charge in [-0.05, 0) is 18.8 Å². The summed E-state index contributed by atoms with van der Waals surface area (Å²) in [7, 11) is 0. The molecule has 0 saturated heterocycles. The van der Waals surface area contributed by atoms with E-state index in [-0.39, 0.29) is 36.2 Å². The molecule has 0 aliphatic carbocycles. The number of carbonyl (C=O) groups excluding carboxylic acids is 2. The van der Waals surface area contributed by atoms with Gasteiger partial charge in [0.05, 0.1) is 18.6 Å². The lowest BCUT2D eigenvalue weighted by Gasteiger charge is -2.23. The van der Waals surface area contributed by atoms with Crippen LogP contribution in [0.1, 0.15) is 64.1 Å². The number of nitrogens with zero attached hydrogens (tertiary/aromatic N) is 3. The topological polar surface area (TPSA) is 115 Å². The van der Waals surface area contributed by atoms with Crippen molar-refractivity contribution in [3.8, 4) is 0 Å². The van der Waals surface area contributed by atoms with Gasteiger partial charge < -0.3 is 16.4 Å². The second kappa shape index (κ2) is 7.74. The fourth-order valence-electron chi connectivity index (χ4n) is 2.58. The molecule has 0 radical (unpaired) electrons. The highest BCUT2D eigenvalue weighted by atomic mass is 16.2. The van der Waals surface area contributed by atoms with E-state index in [1.807, 2.05) is 32.4 Å². The molecule has 0 aromatic carbocycles. The molecular formula is C16H28N6O2. The van der Waals surface area contributed by atoms with E-state index in [1.165, 1.54) is 0 Å². The number of amides is 2. The van der Waals surface area contributed by atoms with Gasteiger partial charge >= 0.3 is 0 Å². The Morgan fingerprint density at radius 3 is 2.67 bits per heavy atom. The third kappa shape index (κ3) is 4.31. The first-order valence-electron chi connectivity index (χ1n) is 8.57. The lowest BCUT2D eigenvalue weighted by molar-refractivity contribution is -0.127. The molecule has 0 bridgehead atoms. The predicted molar refractivity (Wildman–Crippen MR) is 90.1 cm³/mol. The van der Waals surface area contributed by atoms with Crippen LogP contribution < -0.4 is 16.4 Å². The molecule has 8 nitrogen and oxygen atoms in total. The molecule has 24 heavy (non-hydrogen) atoms. The second-order valence-electron chi connectivity index (χ2n) is 6.96. The maximum absolute atomic E-state index is 12.1. The maximum Gasteiger partial charge on any atom is 0.239 e. The van der Waals surface area contributed by atoms with Gasteiger partial charge in [0.15, 0.2) is 5.82 Å². The summed E-state index contributed by atoms with van der Waals surface area (Å²) in [5.74, 6) is 1.31. The van der Waals surface area contributed by atoms with E-state index in [0.717, 1.165) is 31.0 Å². The number of hydrogen-bond donors (Lipinski definition) is 3. The van der Waals surface area contributed by atoms with Gasteiger partial charge in [-0.3, -0.25) is 9.59 Å². The lowest BCUT2D eigenvalue weighted by atomic mass is 10.1. The summed E-state index contributed by atoms with van der Waals surface area (Å²) in [6, 6.07) is -0.772. The van der Waals surface area contributed by atoms with Gasteiger partial charge in [-0.2, -0.15) is 5.10 Å². The highest BCUT2D eigenvalue weighted by Gasteiger charge is 2.26. The Labute approximate surface area is 142 Å². The number of nitrogens with two attached hydrogens (primary N) is 1. The molecule has 1 aromatic rings. The van der Waals surface area contributed by atoms with Crippen LogP contribution >= 0.6 is 0 Å². The van der Waals surface area contributed by atoms with E-state index in [0.29, 0.717) is 0 Å². The first-order chi connectivity index (χ1) is 11.3. The Morgan fingerprint density at radius 1 is 1.33 bits per heavy atom. The number of nitrogens with one attached hydrogen (secondary N) is 2. The van der Waals surface area contributed by atoms with Crippen molar-refractivity contribution >= 4 is 11.8 Å². The highest BCUT2D eigenvalue weighted by molar-refractivity contribution is 5.87. The molecule has 1 aliphatic rings. The van der Waals surface area contributed by atoms with Crippen LogP contribution in [0, 0.1) is 5.92 Å². The van der Waals surface area contributed by atoms with Gasteiger partial charge in [-0.15, -0.1) is 0 Å². The van der Waals surface area contributed by atoms with E-state index >= 15 is 0 Å². The van der Waals surface area contributed by atoms with Crippen molar-refractivity contribution in [2.24, 2.45) is 11.7 Å². The second-order valence-corrected chi connectivity index (χ2v) is 6.96. The average molecular weight is 336 g/mol. The van der Waals surface area contributed by atoms with Gasteiger partial charge in [-0.1, -0.05) is 27.7 Å². The number of aromatic nitrogens is 3. The van der Waals surface area contributed by atoms with Crippen LogP contribution in [0.4, 0.5) is 0 Å². The summed E-state index contributed by atoms with van der Waals surface area (Å²) in [5, 5.41) is 10.0. The van der Waals surface area contributed by atoms with Gasteiger partial charge in [0.1, 0.15) is 5.82 Å². The lowest BCUT2D eigenvalue weighted by Crippen LogP contribution is -2.47. The fraction of sp³-hybridized carbons (Fsp3) is 0.750. The molecule has 1 aromatic heterocycles. The van der Waals surface area contributed by atoms with Gasteiger partial charge in [0, 0.05) is 12.5 Å². The largest absolute Gasteiger partial charge is 0.346 e. The Balaban J connectivity index is 1.93. The Morgan fingerprint density at radius 2 is 2.04 bits per heavy atom. The van der Waals surface area contributed by atoms with Crippen LogP contribution in [-0.4, -0.2) is 39.2 Å². The molecule has 4 N–H and O–H groups in total. The SMILES string of the molecule is CC(C)c1nc2n(n1)CCCC2NC(=O)CNC(=O)[C@@H](N)C(C)C. The van der Waals surface area contributed by atoms with Crippen LogP contribution in [0.25, 0.3) is 0 Å². The maximum atomic E-state index is 12.1. The van der Waals surface area contributed by atoms with E-state index < -0.39 is 6.04 Å². The molecule has 1 unspecified atom stereocenters. The molecule has 0 fully saturated rings. The number of hydrogen-bond acceptors (Lipinski definition) is 5. The number of carbonyl (C=O) groups is 2. The van der Waals surface area contributed by atoms with Crippen LogP contribution in [0.2, 0.25) is 0 Å². The predicted octanol–water partition coefficient (Wildman–Crippen LogP) is 0.452. The number of rotatable bonds is 6. The van der Waals surface area contributed by atoms with E-state index in [9.17, 15) is 9.59 Å². The third-order valence-electron chi connectivity index (χ3n) is 4.19.